The topological polar surface area (TPSA) is 160 Å². The Kier molecular flexibility index (Phi) is 6.42. The van der Waals surface area contributed by atoms with Crippen LogP contribution in [0.4, 0.5) is 21.0 Å². The number of nitrogens with two attached hydrogens (primary N) is 1. The summed E-state index contributed by atoms with van der Waals surface area (Å²) in [6.07, 6.45) is 3.98. The fourth-order valence-corrected chi connectivity index (χ4v) is 9.50. The molecule has 3 fully saturated rings. The number of alkyl halides is 1. The van der Waals surface area contributed by atoms with Crippen LogP contribution in [0.1, 0.15) is 65.1 Å². The first-order valence-corrected chi connectivity index (χ1v) is 16.3. The molecule has 0 bridgehead atoms. The second-order valence-electron chi connectivity index (χ2n) is 13.0. The number of hydrogen-bond donors (Lipinski definition) is 1. The number of halogens is 1. The zero-order chi connectivity index (χ0) is 30.9. The van der Waals surface area contributed by atoms with E-state index in [1.807, 2.05) is 9.58 Å². The molecule has 1 spiro atoms. The van der Waals surface area contributed by atoms with Gasteiger partial charge in [-0.25, -0.2) is 4.39 Å². The molecule has 4 aliphatic heterocycles. The Morgan fingerprint density at radius 1 is 1.02 bits per heavy atom. The molecule has 0 unspecified atom stereocenters. The van der Waals surface area contributed by atoms with Gasteiger partial charge in [0.05, 0.1) is 23.3 Å². The first-order chi connectivity index (χ1) is 21.8. The van der Waals surface area contributed by atoms with Gasteiger partial charge in [0.25, 0.3) is 0 Å². The number of fused-ring (bicyclic) bond motifs is 4. The maximum atomic E-state index is 14.5. The molecule has 2 N–H and O–H groups in total. The highest BCUT2D eigenvalue weighted by atomic mass is 32.1. The molecular weight excluding hydrogens is 593 g/mol. The Morgan fingerprint density at radius 3 is 2.60 bits per heavy atom. The lowest BCUT2D eigenvalue weighted by molar-refractivity contribution is 0.107. The summed E-state index contributed by atoms with van der Waals surface area (Å²) in [5.41, 5.74) is 8.87. The lowest BCUT2D eigenvalue weighted by Gasteiger charge is -2.49. The largest absolute Gasteiger partial charge is 0.461 e. The van der Waals surface area contributed by atoms with E-state index in [-0.39, 0.29) is 23.6 Å². The number of anilines is 3. The number of aromatic nitrogens is 4. The van der Waals surface area contributed by atoms with E-state index in [1.54, 1.807) is 6.07 Å². The van der Waals surface area contributed by atoms with Crippen LogP contribution in [0, 0.1) is 34.0 Å². The highest BCUT2D eigenvalue weighted by Gasteiger charge is 2.53. The van der Waals surface area contributed by atoms with Gasteiger partial charge in [0.15, 0.2) is 17.3 Å². The first kappa shape index (κ1) is 28.1. The monoisotopic (exact) mass is 625 g/mol. The molecule has 2 atom stereocenters. The van der Waals surface area contributed by atoms with Gasteiger partial charge in [0, 0.05) is 49.4 Å². The lowest BCUT2D eigenvalue weighted by Crippen LogP contribution is -2.59. The van der Waals surface area contributed by atoms with Crippen LogP contribution in [0.25, 0.3) is 0 Å². The second kappa shape index (κ2) is 10.3. The number of aryl methyl sites for hydroxylation is 2. The third-order valence-electron chi connectivity index (χ3n) is 10.4. The van der Waals surface area contributed by atoms with Crippen LogP contribution in [0.2, 0.25) is 0 Å². The van der Waals surface area contributed by atoms with Crippen molar-refractivity contribution in [1.29, 1.82) is 15.8 Å². The van der Waals surface area contributed by atoms with Gasteiger partial charge in [-0.05, 0) is 50.3 Å². The van der Waals surface area contributed by atoms with Crippen molar-refractivity contribution in [3.8, 4) is 24.2 Å². The first-order valence-electron chi connectivity index (χ1n) is 15.5. The van der Waals surface area contributed by atoms with Crippen LogP contribution in [0.3, 0.4) is 0 Å². The molecule has 12 nitrogen and oxygen atoms in total. The van der Waals surface area contributed by atoms with Crippen molar-refractivity contribution in [3.63, 3.8) is 0 Å². The summed E-state index contributed by atoms with van der Waals surface area (Å²) in [6.45, 7) is 4.48. The maximum absolute atomic E-state index is 14.5. The molecule has 0 aromatic carbocycles. The summed E-state index contributed by atoms with van der Waals surface area (Å²) >= 11 is 1.51. The average molecular weight is 626 g/mol. The van der Waals surface area contributed by atoms with E-state index >= 15 is 0 Å². The highest BCUT2D eigenvalue weighted by molar-refractivity contribution is 7.16. The van der Waals surface area contributed by atoms with Crippen molar-refractivity contribution in [2.45, 2.75) is 68.7 Å². The van der Waals surface area contributed by atoms with E-state index in [0.29, 0.717) is 79.1 Å². The quantitative estimate of drug-likeness (QED) is 0.444. The Morgan fingerprint density at radius 2 is 1.82 bits per heavy atom. The lowest BCUT2D eigenvalue weighted by atomic mass is 9.74. The third-order valence-corrected chi connectivity index (χ3v) is 11.5. The van der Waals surface area contributed by atoms with E-state index in [0.717, 1.165) is 49.9 Å². The van der Waals surface area contributed by atoms with Gasteiger partial charge in [-0.15, -0.1) is 11.3 Å². The molecule has 3 aromatic rings. The zero-order valence-corrected chi connectivity index (χ0v) is 25.6. The van der Waals surface area contributed by atoms with Crippen LogP contribution >= 0.6 is 11.3 Å². The predicted octanol–water partition coefficient (Wildman–Crippen LogP) is 3.00. The van der Waals surface area contributed by atoms with Crippen molar-refractivity contribution in [1.82, 2.24) is 24.6 Å². The van der Waals surface area contributed by atoms with Crippen LogP contribution < -0.4 is 20.3 Å². The molecule has 14 heteroatoms. The summed E-state index contributed by atoms with van der Waals surface area (Å²) in [7, 11) is 0. The van der Waals surface area contributed by atoms with Gasteiger partial charge in [0.1, 0.15) is 41.6 Å². The molecule has 1 aliphatic carbocycles. The Labute approximate surface area is 264 Å². The molecule has 0 amide bonds. The number of ether oxygens (including phenoxy) is 1. The van der Waals surface area contributed by atoms with E-state index in [2.05, 4.69) is 33.1 Å². The molecule has 7 heterocycles. The normalized spacial score (nSPS) is 24.7. The zero-order valence-electron chi connectivity index (χ0n) is 24.8. The fourth-order valence-electron chi connectivity index (χ4n) is 8.36. The molecule has 3 aromatic heterocycles. The van der Waals surface area contributed by atoms with E-state index < -0.39 is 6.17 Å². The molecule has 5 aliphatic rings. The van der Waals surface area contributed by atoms with Crippen molar-refractivity contribution in [2.24, 2.45) is 0 Å². The van der Waals surface area contributed by atoms with Crippen molar-refractivity contribution < 1.29 is 9.13 Å². The van der Waals surface area contributed by atoms with E-state index in [9.17, 15) is 20.2 Å². The SMILES string of the molecule is N#Cc1cc2n(n1)CCCN(c1nc(OC[C@@]34CCCN3C[C@H](F)C4)nc(N3CC4(CCc5sc(N)c(C#N)c54)C3)c1C#N)C2. The number of nitrogen functional groups attached to an aromatic ring is 1. The molecule has 0 radical (unpaired) electrons. The van der Waals surface area contributed by atoms with Gasteiger partial charge in [-0.1, -0.05) is 0 Å². The van der Waals surface area contributed by atoms with Crippen molar-refractivity contribution in [3.05, 3.63) is 39.0 Å². The number of nitrogens with zero attached hydrogens (tertiary/aromatic N) is 10. The molecular formula is C31H32FN11OS. The number of hydrogen-bond acceptors (Lipinski definition) is 12. The molecule has 230 valence electrons. The molecule has 45 heavy (non-hydrogen) atoms. The van der Waals surface area contributed by atoms with Gasteiger partial charge in [-0.2, -0.15) is 30.9 Å². The van der Waals surface area contributed by atoms with E-state index in [1.165, 1.54) is 16.2 Å². The smallest absolute Gasteiger partial charge is 0.320 e. The standard InChI is InChI=1S/C31H32FN11OS/c32-19-10-31(4-1-7-42(31)14-19)18-44-29-37-27(40-6-2-8-43-21(15-40)9-20(11-33)39-43)23(13-35)28(38-29)41-16-30(17-41)5-3-24-25(30)22(12-34)26(36)45-24/h9,19H,1-8,10,14-18,36H2/t19-,31+/m1/s1. The Hall–Kier alpha value is -4.45. The Balaban J connectivity index is 1.15. The van der Waals surface area contributed by atoms with Crippen LogP contribution in [0.15, 0.2) is 6.07 Å². The van der Waals surface area contributed by atoms with Crippen LogP contribution in [-0.2, 0) is 24.9 Å². The van der Waals surface area contributed by atoms with Crippen molar-refractivity contribution >= 4 is 28.0 Å². The van der Waals surface area contributed by atoms with Crippen molar-refractivity contribution in [2.75, 3.05) is 54.9 Å². The summed E-state index contributed by atoms with van der Waals surface area (Å²) in [5.74, 6) is 0.982. The van der Waals surface area contributed by atoms with Gasteiger partial charge in [-0.3, -0.25) is 9.58 Å². The predicted molar refractivity (Wildman–Crippen MR) is 164 cm³/mol. The Bertz CT molecular complexity index is 1830. The summed E-state index contributed by atoms with van der Waals surface area (Å²) in [6, 6.07) is 8.79. The van der Waals surface area contributed by atoms with Crippen LogP contribution in [-0.4, -0.2) is 75.7 Å². The second-order valence-corrected chi connectivity index (χ2v) is 14.2. The molecule has 3 saturated heterocycles. The highest BCUT2D eigenvalue weighted by Crippen LogP contribution is 2.53. The minimum atomic E-state index is -0.875. The minimum absolute atomic E-state index is 0.170. The molecule has 0 saturated carbocycles. The fraction of sp³-hybridized carbons (Fsp3) is 0.548. The average Bonchev–Trinajstić information content (AvgIpc) is 3.79. The van der Waals surface area contributed by atoms with E-state index in [4.69, 9.17) is 20.4 Å². The summed E-state index contributed by atoms with van der Waals surface area (Å²) in [4.78, 5) is 17.2. The minimum Gasteiger partial charge on any atom is -0.461 e. The van der Waals surface area contributed by atoms with Gasteiger partial charge < -0.3 is 20.3 Å². The molecule has 8 rings (SSSR count). The van der Waals surface area contributed by atoms with Crippen LogP contribution in [0.5, 0.6) is 6.01 Å². The van der Waals surface area contributed by atoms with Gasteiger partial charge >= 0.3 is 6.01 Å². The number of nitriles is 3. The summed E-state index contributed by atoms with van der Waals surface area (Å²) in [5, 5.41) is 34.8. The third kappa shape index (κ3) is 4.33. The summed E-state index contributed by atoms with van der Waals surface area (Å²) < 4.78 is 22.7. The maximum Gasteiger partial charge on any atom is 0.320 e. The number of thiophene rings is 1. The van der Waals surface area contributed by atoms with Gasteiger partial charge in [0.2, 0.25) is 0 Å². The number of rotatable bonds is 5.